The Labute approximate surface area is 142 Å². The van der Waals surface area contributed by atoms with E-state index in [1.807, 2.05) is 35.2 Å². The first-order valence-corrected chi connectivity index (χ1v) is 7.71. The third-order valence-corrected chi connectivity index (χ3v) is 4.31. The zero-order chi connectivity index (χ0) is 15.5. The fourth-order valence-electron chi connectivity index (χ4n) is 3.12. The highest BCUT2D eigenvalue weighted by Crippen LogP contribution is 2.33. The van der Waals surface area contributed by atoms with Crippen molar-refractivity contribution < 1.29 is 9.59 Å². The summed E-state index contributed by atoms with van der Waals surface area (Å²) in [7, 11) is 0. The van der Waals surface area contributed by atoms with Gasteiger partial charge >= 0.3 is 0 Å². The van der Waals surface area contributed by atoms with Crippen LogP contribution in [-0.4, -0.2) is 47.8 Å². The predicted molar refractivity (Wildman–Crippen MR) is 92.1 cm³/mol. The van der Waals surface area contributed by atoms with Crippen LogP contribution in [0.25, 0.3) is 6.08 Å². The Morgan fingerprint density at radius 3 is 2.61 bits per heavy atom. The molecule has 0 aliphatic carbocycles. The smallest absolute Gasteiger partial charge is 0.225 e. The second kappa shape index (κ2) is 7.62. The Balaban J connectivity index is 0.00000192. The number of carbonyl (C=O) groups is 2. The lowest BCUT2D eigenvalue weighted by atomic mass is 9.93. The van der Waals surface area contributed by atoms with Crippen molar-refractivity contribution in [2.75, 3.05) is 26.2 Å². The number of amides is 2. The number of halogens is 1. The summed E-state index contributed by atoms with van der Waals surface area (Å²) in [5, 5.41) is 3.25. The molecule has 2 aliphatic rings. The second-order valence-corrected chi connectivity index (χ2v) is 5.72. The van der Waals surface area contributed by atoms with Gasteiger partial charge in [0.1, 0.15) is 0 Å². The summed E-state index contributed by atoms with van der Waals surface area (Å²) in [6.07, 6.45) is 4.06. The van der Waals surface area contributed by atoms with Crippen LogP contribution in [0.1, 0.15) is 30.5 Å². The maximum atomic E-state index is 12.6. The van der Waals surface area contributed by atoms with E-state index in [2.05, 4.69) is 5.32 Å². The molecule has 124 valence electrons. The van der Waals surface area contributed by atoms with E-state index in [9.17, 15) is 9.59 Å². The number of rotatable bonds is 2. The van der Waals surface area contributed by atoms with Crippen molar-refractivity contribution in [1.29, 1.82) is 0 Å². The summed E-state index contributed by atoms with van der Waals surface area (Å²) in [5.74, 6) is 0.0757. The van der Waals surface area contributed by atoms with E-state index in [-0.39, 0.29) is 30.3 Å². The molecule has 2 amide bonds. The first kappa shape index (κ1) is 17.5. The molecule has 1 unspecified atom stereocenters. The lowest BCUT2D eigenvalue weighted by Crippen LogP contribution is -2.47. The fraction of sp³-hybridized carbons (Fsp3) is 0.412. The summed E-state index contributed by atoms with van der Waals surface area (Å²) < 4.78 is 0. The second-order valence-electron chi connectivity index (χ2n) is 5.72. The zero-order valence-electron chi connectivity index (χ0n) is 13.2. The molecule has 1 saturated heterocycles. The minimum absolute atomic E-state index is 0. The average Bonchev–Trinajstić information content (AvgIpc) is 2.55. The van der Waals surface area contributed by atoms with Gasteiger partial charge in [-0.05, 0) is 17.2 Å². The SMILES string of the molecule is CC(=O)N1C=Cc2ccccc2C1CC(=O)N1CCNCC1.Cl. The molecule has 0 bridgehead atoms. The molecule has 2 aliphatic heterocycles. The molecule has 0 spiro atoms. The van der Waals surface area contributed by atoms with Crippen LogP contribution in [-0.2, 0) is 9.59 Å². The normalized spacial score (nSPS) is 19.8. The van der Waals surface area contributed by atoms with Gasteiger partial charge < -0.3 is 15.1 Å². The first-order chi connectivity index (χ1) is 10.7. The van der Waals surface area contributed by atoms with E-state index >= 15 is 0 Å². The third-order valence-electron chi connectivity index (χ3n) is 4.31. The third kappa shape index (κ3) is 3.74. The van der Waals surface area contributed by atoms with Crippen LogP contribution < -0.4 is 5.32 Å². The fourth-order valence-corrected chi connectivity index (χ4v) is 3.12. The highest BCUT2D eigenvalue weighted by molar-refractivity contribution is 5.85. The van der Waals surface area contributed by atoms with Gasteiger partial charge in [-0.3, -0.25) is 9.59 Å². The number of fused-ring (bicyclic) bond motifs is 1. The molecule has 6 heteroatoms. The Bertz CT molecular complexity index is 612. The monoisotopic (exact) mass is 335 g/mol. The van der Waals surface area contributed by atoms with Gasteiger partial charge in [-0.2, -0.15) is 0 Å². The van der Waals surface area contributed by atoms with E-state index in [0.717, 1.165) is 37.3 Å². The number of hydrogen-bond donors (Lipinski definition) is 1. The number of piperazine rings is 1. The van der Waals surface area contributed by atoms with E-state index in [1.165, 1.54) is 0 Å². The quantitative estimate of drug-likeness (QED) is 0.896. The minimum Gasteiger partial charge on any atom is -0.340 e. The standard InChI is InChI=1S/C17H21N3O2.ClH/c1-13(21)20-9-6-14-4-2-3-5-15(14)16(20)12-17(22)19-10-7-18-8-11-19;/h2-6,9,16,18H,7-8,10-12H2,1H3;1H. The van der Waals surface area contributed by atoms with Crippen LogP contribution in [0, 0.1) is 0 Å². The predicted octanol–water partition coefficient (Wildman–Crippen LogP) is 1.80. The molecule has 0 saturated carbocycles. The Morgan fingerprint density at radius 2 is 1.91 bits per heavy atom. The maximum absolute atomic E-state index is 12.6. The molecule has 23 heavy (non-hydrogen) atoms. The Morgan fingerprint density at radius 1 is 1.22 bits per heavy atom. The Hall–Kier alpha value is -1.85. The van der Waals surface area contributed by atoms with Crippen LogP contribution in [0.4, 0.5) is 0 Å². The van der Waals surface area contributed by atoms with Crippen LogP contribution in [0.2, 0.25) is 0 Å². The highest BCUT2D eigenvalue weighted by Gasteiger charge is 2.30. The molecular formula is C17H22ClN3O2. The number of carbonyl (C=O) groups excluding carboxylic acids is 2. The first-order valence-electron chi connectivity index (χ1n) is 7.71. The largest absolute Gasteiger partial charge is 0.340 e. The van der Waals surface area contributed by atoms with Crippen molar-refractivity contribution in [3.05, 3.63) is 41.6 Å². The van der Waals surface area contributed by atoms with Gasteiger partial charge in [-0.1, -0.05) is 24.3 Å². The van der Waals surface area contributed by atoms with Gasteiger partial charge in [0.05, 0.1) is 12.5 Å². The van der Waals surface area contributed by atoms with Crippen molar-refractivity contribution in [1.82, 2.24) is 15.1 Å². The highest BCUT2D eigenvalue weighted by atomic mass is 35.5. The lowest BCUT2D eigenvalue weighted by molar-refractivity contribution is -0.135. The van der Waals surface area contributed by atoms with Gasteiger partial charge in [0.2, 0.25) is 11.8 Å². The van der Waals surface area contributed by atoms with Crippen LogP contribution in [0.5, 0.6) is 0 Å². The average molecular weight is 336 g/mol. The molecule has 1 aromatic carbocycles. The van der Waals surface area contributed by atoms with E-state index in [4.69, 9.17) is 0 Å². The molecule has 1 atom stereocenters. The van der Waals surface area contributed by atoms with Crippen molar-refractivity contribution in [3.63, 3.8) is 0 Å². The summed E-state index contributed by atoms with van der Waals surface area (Å²) in [6.45, 7) is 4.69. The van der Waals surface area contributed by atoms with Gasteiger partial charge in [0.15, 0.2) is 0 Å². The lowest BCUT2D eigenvalue weighted by Gasteiger charge is -2.35. The molecule has 1 aromatic rings. The summed E-state index contributed by atoms with van der Waals surface area (Å²) in [5.41, 5.74) is 2.13. The summed E-state index contributed by atoms with van der Waals surface area (Å²) >= 11 is 0. The molecule has 2 heterocycles. The van der Waals surface area contributed by atoms with Crippen molar-refractivity contribution in [2.24, 2.45) is 0 Å². The van der Waals surface area contributed by atoms with Crippen LogP contribution in [0.15, 0.2) is 30.5 Å². The summed E-state index contributed by atoms with van der Waals surface area (Å²) in [4.78, 5) is 28.1. The molecule has 1 fully saturated rings. The number of hydrogen-bond acceptors (Lipinski definition) is 3. The van der Waals surface area contributed by atoms with Crippen molar-refractivity contribution >= 4 is 30.3 Å². The number of nitrogens with zero attached hydrogens (tertiary/aromatic N) is 2. The van der Waals surface area contributed by atoms with E-state index in [1.54, 1.807) is 18.0 Å². The minimum atomic E-state index is -0.207. The molecule has 5 nitrogen and oxygen atoms in total. The Kier molecular flexibility index (Phi) is 5.80. The molecule has 3 rings (SSSR count). The van der Waals surface area contributed by atoms with E-state index in [0.29, 0.717) is 6.42 Å². The van der Waals surface area contributed by atoms with Gasteiger partial charge in [0, 0.05) is 39.3 Å². The number of nitrogens with one attached hydrogen (secondary N) is 1. The van der Waals surface area contributed by atoms with Crippen molar-refractivity contribution in [3.8, 4) is 0 Å². The number of benzene rings is 1. The van der Waals surface area contributed by atoms with Gasteiger partial charge in [-0.25, -0.2) is 0 Å². The molecule has 0 radical (unpaired) electrons. The molecule has 1 N–H and O–H groups in total. The zero-order valence-corrected chi connectivity index (χ0v) is 14.0. The maximum Gasteiger partial charge on any atom is 0.225 e. The molecular weight excluding hydrogens is 314 g/mol. The van der Waals surface area contributed by atoms with Gasteiger partial charge in [-0.15, -0.1) is 12.4 Å². The summed E-state index contributed by atoms with van der Waals surface area (Å²) in [6, 6.07) is 7.75. The van der Waals surface area contributed by atoms with Crippen LogP contribution in [0.3, 0.4) is 0 Å². The molecule has 0 aromatic heterocycles. The topological polar surface area (TPSA) is 52.7 Å². The van der Waals surface area contributed by atoms with E-state index < -0.39 is 0 Å². The van der Waals surface area contributed by atoms with Crippen molar-refractivity contribution in [2.45, 2.75) is 19.4 Å². The van der Waals surface area contributed by atoms with Crippen LogP contribution >= 0.6 is 12.4 Å². The van der Waals surface area contributed by atoms with Gasteiger partial charge in [0.25, 0.3) is 0 Å².